The normalized spacial score (nSPS) is 9.00. The Hall–Kier alpha value is -1.44. The summed E-state index contributed by atoms with van der Waals surface area (Å²) < 4.78 is 9.69. The highest BCUT2D eigenvalue weighted by atomic mass is 31.2. The van der Waals surface area contributed by atoms with E-state index >= 15 is 0 Å². The average Bonchev–Trinajstić information content (AvgIpc) is 2.58. The first-order valence-corrected chi connectivity index (χ1v) is 5.48. The highest BCUT2D eigenvalue weighted by molar-refractivity contribution is 7.51. The Kier molecular flexibility index (Phi) is 9.74. The number of hydrogen-bond donors (Lipinski definition) is 5. The van der Waals surface area contributed by atoms with Crippen molar-refractivity contribution in [1.82, 2.24) is 15.4 Å². The number of rotatable bonds is 1. The average molecular weight is 239 g/mol. The predicted octanol–water partition coefficient (Wildman–Crippen LogP) is -0.987. The van der Waals surface area contributed by atoms with Crippen molar-refractivity contribution in [3.8, 4) is 0 Å². The van der Waals surface area contributed by atoms with Gasteiger partial charge in [0.25, 0.3) is 0 Å². The van der Waals surface area contributed by atoms with Crippen LogP contribution in [-0.2, 0) is 4.57 Å². The number of nitrogens with zero attached hydrogens (tertiary/aromatic N) is 2. The lowest BCUT2D eigenvalue weighted by Gasteiger charge is -1.92. The molecule has 9 nitrogen and oxygen atoms in total. The van der Waals surface area contributed by atoms with Gasteiger partial charge in [0.15, 0.2) is 0 Å². The Morgan fingerprint density at radius 3 is 1.73 bits per heavy atom. The van der Waals surface area contributed by atoms with Crippen molar-refractivity contribution >= 4 is 13.6 Å². The van der Waals surface area contributed by atoms with Crippen LogP contribution in [0.5, 0.6) is 0 Å². The number of H-pyrrole nitrogens is 1. The Labute approximate surface area is 86.0 Å². The van der Waals surface area contributed by atoms with Crippen LogP contribution in [-0.4, -0.2) is 37.4 Å². The van der Waals surface area contributed by atoms with E-state index in [4.69, 9.17) is 14.6 Å². The van der Waals surface area contributed by atoms with Crippen LogP contribution < -0.4 is 11.5 Å². The Morgan fingerprint density at radius 1 is 1.40 bits per heavy atom. The lowest BCUT2D eigenvalue weighted by atomic mass is 11.0. The molecule has 0 bridgehead atoms. The summed E-state index contributed by atoms with van der Waals surface area (Å²) in [5.41, 5.74) is 8.50. The van der Waals surface area contributed by atoms with Crippen LogP contribution in [0.3, 0.4) is 0 Å². The van der Waals surface area contributed by atoms with Crippen LogP contribution >= 0.6 is 7.60 Å². The van der Waals surface area contributed by atoms with E-state index in [1.807, 2.05) is 0 Å². The molecule has 0 aliphatic heterocycles. The Balaban J connectivity index is 0. The minimum absolute atomic E-state index is 0.0625. The molecule has 0 saturated heterocycles. The number of nitrogens with one attached hydrogen (secondary N) is 1. The molecule has 0 radical (unpaired) electrons. The third-order valence-electron chi connectivity index (χ3n) is 0.743. The summed E-state index contributed by atoms with van der Waals surface area (Å²) in [5.74, 6) is 0. The molecule has 0 aliphatic rings. The molecule has 7 N–H and O–H groups in total. The molecule has 10 heteroatoms. The first-order chi connectivity index (χ1) is 6.79. The van der Waals surface area contributed by atoms with Gasteiger partial charge in [-0.05, 0) is 0 Å². The predicted molar refractivity (Wildman–Crippen MR) is 52.7 cm³/mol. The summed E-state index contributed by atoms with van der Waals surface area (Å²) in [4.78, 5) is 24.9. The number of nitrogens with two attached hydrogens (primary N) is 2. The van der Waals surface area contributed by atoms with Gasteiger partial charge in [0.05, 0.1) is 12.4 Å². The van der Waals surface area contributed by atoms with Gasteiger partial charge in [-0.15, -0.1) is 0 Å². The minimum atomic E-state index is -3.65. The molecule has 2 amide bonds. The molecule has 1 heterocycles. The van der Waals surface area contributed by atoms with Gasteiger partial charge < -0.3 is 21.3 Å². The second kappa shape index (κ2) is 9.13. The number of carbonyl (C=O) groups is 1. The number of amides is 2. The SMILES string of the molecule is CCP(=O)(O)O.NC(N)=O.c1cn[nH]n1. The maximum Gasteiger partial charge on any atom is 0.325 e. The number of primary amides is 2. The third-order valence-corrected chi connectivity index (χ3v) is 1.57. The van der Waals surface area contributed by atoms with Crippen molar-refractivity contribution in [2.75, 3.05) is 6.16 Å². The van der Waals surface area contributed by atoms with Crippen LogP contribution in [0.4, 0.5) is 4.79 Å². The van der Waals surface area contributed by atoms with Crippen molar-refractivity contribution in [2.24, 2.45) is 11.5 Å². The quantitative estimate of drug-likeness (QED) is 0.394. The lowest BCUT2D eigenvalue weighted by molar-refractivity contribution is 0.256. The second-order valence-electron chi connectivity index (χ2n) is 2.04. The van der Waals surface area contributed by atoms with E-state index < -0.39 is 13.6 Å². The van der Waals surface area contributed by atoms with Crippen LogP contribution in [0.2, 0.25) is 0 Å². The molecule has 1 rings (SSSR count). The molecular weight excluding hydrogens is 225 g/mol. The number of aromatic amines is 1. The molecule has 0 aliphatic carbocycles. The van der Waals surface area contributed by atoms with Crippen LogP contribution in [0, 0.1) is 0 Å². The smallest absolute Gasteiger partial charge is 0.325 e. The summed E-state index contributed by atoms with van der Waals surface area (Å²) >= 11 is 0. The van der Waals surface area contributed by atoms with Crippen molar-refractivity contribution in [2.45, 2.75) is 6.92 Å². The number of carbonyl (C=O) groups excluding carboxylic acids is 1. The number of aromatic nitrogens is 3. The Morgan fingerprint density at radius 2 is 1.67 bits per heavy atom. The van der Waals surface area contributed by atoms with Crippen LogP contribution in [0.1, 0.15) is 6.92 Å². The van der Waals surface area contributed by atoms with Crippen LogP contribution in [0.25, 0.3) is 0 Å². The van der Waals surface area contributed by atoms with Gasteiger partial charge in [-0.2, -0.15) is 15.4 Å². The zero-order valence-electron chi connectivity index (χ0n) is 8.07. The molecule has 0 unspecified atom stereocenters. The largest absolute Gasteiger partial charge is 0.352 e. The number of hydrogen-bond acceptors (Lipinski definition) is 4. The third kappa shape index (κ3) is 32.5. The fourth-order valence-electron chi connectivity index (χ4n) is 0.167. The van der Waals surface area contributed by atoms with Gasteiger partial charge >= 0.3 is 13.6 Å². The number of urea groups is 1. The fourth-order valence-corrected chi connectivity index (χ4v) is 0.167. The summed E-state index contributed by atoms with van der Waals surface area (Å²) in [5, 5.41) is 9.33. The topological polar surface area (TPSA) is 168 Å². The molecule has 0 aromatic carbocycles. The molecule has 1 aromatic heterocycles. The van der Waals surface area contributed by atoms with E-state index in [0.717, 1.165) is 0 Å². The Bertz CT molecular complexity index is 262. The van der Waals surface area contributed by atoms with Crippen LogP contribution in [0.15, 0.2) is 12.4 Å². The molecule has 0 atom stereocenters. The van der Waals surface area contributed by atoms with Gasteiger partial charge in [0.1, 0.15) is 0 Å². The molecule has 0 fully saturated rings. The second-order valence-corrected chi connectivity index (χ2v) is 4.00. The zero-order valence-corrected chi connectivity index (χ0v) is 8.96. The van der Waals surface area contributed by atoms with Gasteiger partial charge in [-0.3, -0.25) is 4.57 Å². The summed E-state index contributed by atoms with van der Waals surface area (Å²) in [6.07, 6.45) is 3.10. The van der Waals surface area contributed by atoms with Gasteiger partial charge in [0.2, 0.25) is 0 Å². The highest BCUT2D eigenvalue weighted by Crippen LogP contribution is 2.32. The lowest BCUT2D eigenvalue weighted by Crippen LogP contribution is -2.18. The van der Waals surface area contributed by atoms with E-state index in [1.54, 1.807) is 12.4 Å². The first kappa shape index (κ1) is 16.0. The molecule has 1 aromatic rings. The van der Waals surface area contributed by atoms with Crippen molar-refractivity contribution in [3.05, 3.63) is 12.4 Å². The summed E-state index contributed by atoms with van der Waals surface area (Å²) in [7, 11) is -3.65. The van der Waals surface area contributed by atoms with E-state index in [9.17, 15) is 4.57 Å². The van der Waals surface area contributed by atoms with Gasteiger partial charge in [-0.1, -0.05) is 6.92 Å². The minimum Gasteiger partial charge on any atom is -0.352 e. The maximum atomic E-state index is 9.69. The van der Waals surface area contributed by atoms with Gasteiger partial charge in [0, 0.05) is 6.16 Å². The van der Waals surface area contributed by atoms with Crippen molar-refractivity contribution in [3.63, 3.8) is 0 Å². The van der Waals surface area contributed by atoms with E-state index in [2.05, 4.69) is 26.9 Å². The molecule has 0 saturated carbocycles. The molecule has 15 heavy (non-hydrogen) atoms. The fraction of sp³-hybridized carbons (Fsp3) is 0.400. The zero-order chi connectivity index (χ0) is 12.3. The van der Waals surface area contributed by atoms with E-state index in [1.165, 1.54) is 6.92 Å². The molecule has 0 spiro atoms. The summed E-state index contributed by atoms with van der Waals surface area (Å²) in [6.45, 7) is 1.45. The van der Waals surface area contributed by atoms with Crippen molar-refractivity contribution in [1.29, 1.82) is 0 Å². The maximum absolute atomic E-state index is 9.69. The van der Waals surface area contributed by atoms with E-state index in [-0.39, 0.29) is 6.16 Å². The van der Waals surface area contributed by atoms with Gasteiger partial charge in [-0.25, -0.2) is 4.79 Å². The van der Waals surface area contributed by atoms with E-state index in [0.29, 0.717) is 0 Å². The monoisotopic (exact) mass is 239 g/mol. The molecule has 88 valence electrons. The van der Waals surface area contributed by atoms with Crippen molar-refractivity contribution < 1.29 is 19.1 Å². The summed E-state index contributed by atoms with van der Waals surface area (Å²) in [6, 6.07) is -0.833. The first-order valence-electron chi connectivity index (χ1n) is 3.68. The standard InChI is InChI=1S/C2H3N3.C2H7O3P.CH4N2O/c1-2-4-5-3-1;1-2-6(3,4)5;2-1(3)4/h1-2H,(H,3,4,5);2H2,1H3,(H2,3,4,5);(H4,2,3,4). The highest BCUT2D eigenvalue weighted by Gasteiger charge is 2.05. The molecular formula is C5H14N5O4P.